The summed E-state index contributed by atoms with van der Waals surface area (Å²) in [6.07, 6.45) is -1.23. The molecule has 4 aromatic carbocycles. The van der Waals surface area contributed by atoms with Crippen molar-refractivity contribution in [3.05, 3.63) is 130 Å². The molecule has 0 radical (unpaired) electrons. The maximum absolute atomic E-state index is 13.9. The van der Waals surface area contributed by atoms with E-state index in [1.54, 1.807) is 17.0 Å². The van der Waals surface area contributed by atoms with Crippen LogP contribution in [0.15, 0.2) is 108 Å². The second kappa shape index (κ2) is 13.4. The van der Waals surface area contributed by atoms with Gasteiger partial charge >= 0.3 is 0 Å². The first-order valence-electron chi connectivity index (χ1n) is 14.8. The number of rotatable bonds is 11. The van der Waals surface area contributed by atoms with Gasteiger partial charge in [0.15, 0.2) is 14.4 Å². The highest BCUT2D eigenvalue weighted by Gasteiger charge is 2.51. The Hall–Kier alpha value is -3.30. The van der Waals surface area contributed by atoms with Crippen molar-refractivity contribution in [2.24, 2.45) is 0 Å². The molecule has 0 aromatic heterocycles. The monoisotopic (exact) mass is 675 g/mol. The Labute approximate surface area is 269 Å². The lowest BCUT2D eigenvalue weighted by atomic mass is 9.89. The number of ether oxygens (including phenoxy) is 2. The van der Waals surface area contributed by atoms with Crippen LogP contribution in [0.3, 0.4) is 0 Å². The van der Waals surface area contributed by atoms with Gasteiger partial charge in [0.25, 0.3) is 5.91 Å². The molecule has 3 atom stereocenters. The maximum Gasteiger partial charge on any atom is 0.259 e. The average Bonchev–Trinajstić information content (AvgIpc) is 2.99. The molecule has 1 aliphatic rings. The Morgan fingerprint density at radius 1 is 0.909 bits per heavy atom. The highest BCUT2D eigenvalue weighted by atomic mass is 79.9. The Bertz CT molecular complexity index is 1560. The van der Waals surface area contributed by atoms with E-state index in [9.17, 15) is 9.18 Å². The SMILES string of the molecule is CC(C)(C)[Si](C)(C)O[C@H](CO[C@H]1C(=O)N(c2ccccc2)[C@@H]1c1ccc(Br)cc1OCc1ccccc1)c1ccc(F)cc1. The van der Waals surface area contributed by atoms with Crippen LogP contribution in [0.25, 0.3) is 0 Å². The van der Waals surface area contributed by atoms with E-state index in [1.165, 1.54) is 12.1 Å². The summed E-state index contributed by atoms with van der Waals surface area (Å²) in [5, 5.41) is -0.0490. The zero-order valence-corrected chi connectivity index (χ0v) is 28.4. The number of para-hydroxylation sites is 1. The summed E-state index contributed by atoms with van der Waals surface area (Å²) in [5.41, 5.74) is 3.49. The van der Waals surface area contributed by atoms with Crippen LogP contribution in [0.1, 0.15) is 49.6 Å². The molecule has 0 N–H and O–H groups in total. The van der Waals surface area contributed by atoms with Gasteiger partial charge in [-0.3, -0.25) is 9.69 Å². The van der Waals surface area contributed by atoms with Crippen molar-refractivity contribution in [1.82, 2.24) is 0 Å². The number of carbonyl (C=O) groups excluding carboxylic acids is 1. The number of hydrogen-bond acceptors (Lipinski definition) is 4. The number of amides is 1. The molecule has 0 bridgehead atoms. The van der Waals surface area contributed by atoms with Crippen molar-refractivity contribution in [3.63, 3.8) is 0 Å². The predicted molar refractivity (Wildman–Crippen MR) is 179 cm³/mol. The van der Waals surface area contributed by atoms with Crippen molar-refractivity contribution >= 4 is 35.8 Å². The fourth-order valence-corrected chi connectivity index (χ4v) is 6.62. The molecule has 1 fully saturated rings. The minimum absolute atomic E-state index is 0.0490. The topological polar surface area (TPSA) is 48.0 Å². The first-order chi connectivity index (χ1) is 20.9. The quantitative estimate of drug-likeness (QED) is 0.117. The van der Waals surface area contributed by atoms with Gasteiger partial charge in [0.2, 0.25) is 0 Å². The molecule has 44 heavy (non-hydrogen) atoms. The molecule has 0 aliphatic carbocycles. The predicted octanol–water partition coefficient (Wildman–Crippen LogP) is 9.40. The van der Waals surface area contributed by atoms with Crippen LogP contribution in [-0.2, 0) is 20.6 Å². The normalized spacial score (nSPS) is 17.7. The number of halogens is 2. The van der Waals surface area contributed by atoms with Gasteiger partial charge in [-0.15, -0.1) is 0 Å². The molecule has 4 aromatic rings. The van der Waals surface area contributed by atoms with Gasteiger partial charge in [0, 0.05) is 15.7 Å². The summed E-state index contributed by atoms with van der Waals surface area (Å²) in [7, 11) is -2.25. The van der Waals surface area contributed by atoms with Gasteiger partial charge in [-0.1, -0.05) is 103 Å². The Morgan fingerprint density at radius 3 is 2.18 bits per heavy atom. The molecule has 5 nitrogen and oxygen atoms in total. The molecular weight excluding hydrogens is 637 g/mol. The molecular formula is C36H39BrFNO4Si. The van der Waals surface area contributed by atoms with Crippen LogP contribution in [-0.4, -0.2) is 26.9 Å². The first kappa shape index (κ1) is 32.1. The summed E-state index contributed by atoms with van der Waals surface area (Å²) in [5.74, 6) is 0.220. The van der Waals surface area contributed by atoms with Gasteiger partial charge in [-0.05, 0) is 65.7 Å². The lowest BCUT2D eigenvalue weighted by Gasteiger charge is -2.47. The number of carbonyl (C=O) groups is 1. The van der Waals surface area contributed by atoms with E-state index in [1.807, 2.05) is 78.9 Å². The smallest absolute Gasteiger partial charge is 0.259 e. The molecule has 1 saturated heterocycles. The molecule has 8 heteroatoms. The van der Waals surface area contributed by atoms with E-state index < -0.39 is 26.6 Å². The number of nitrogens with zero attached hydrogens (tertiary/aromatic N) is 1. The first-order valence-corrected chi connectivity index (χ1v) is 18.5. The van der Waals surface area contributed by atoms with E-state index in [4.69, 9.17) is 13.9 Å². The second-order valence-corrected chi connectivity index (χ2v) is 18.3. The zero-order chi connectivity index (χ0) is 31.5. The highest BCUT2D eigenvalue weighted by molar-refractivity contribution is 9.10. The van der Waals surface area contributed by atoms with E-state index in [0.717, 1.165) is 26.9 Å². The molecule has 230 valence electrons. The minimum Gasteiger partial charge on any atom is -0.488 e. The van der Waals surface area contributed by atoms with Crippen LogP contribution >= 0.6 is 15.9 Å². The number of β-lactam (4-membered cyclic amide) rings is 1. The molecule has 5 rings (SSSR count). The van der Waals surface area contributed by atoms with Gasteiger partial charge in [0.05, 0.1) is 12.7 Å². The fraction of sp³-hybridized carbons (Fsp3) is 0.306. The third kappa shape index (κ3) is 7.15. The Kier molecular flexibility index (Phi) is 9.75. The van der Waals surface area contributed by atoms with Crippen LogP contribution in [0.4, 0.5) is 10.1 Å². The molecule has 0 saturated carbocycles. The summed E-state index contributed by atoms with van der Waals surface area (Å²) in [6.45, 7) is 11.4. The van der Waals surface area contributed by atoms with Crippen molar-refractivity contribution in [2.45, 2.75) is 63.8 Å². The summed E-state index contributed by atoms with van der Waals surface area (Å²) in [4.78, 5) is 15.6. The van der Waals surface area contributed by atoms with E-state index >= 15 is 0 Å². The van der Waals surface area contributed by atoms with Crippen molar-refractivity contribution < 1.29 is 23.1 Å². The van der Waals surface area contributed by atoms with Gasteiger partial charge in [-0.25, -0.2) is 4.39 Å². The highest BCUT2D eigenvalue weighted by Crippen LogP contribution is 2.46. The summed E-state index contributed by atoms with van der Waals surface area (Å²) < 4.78 is 34.4. The van der Waals surface area contributed by atoms with Crippen LogP contribution < -0.4 is 9.64 Å². The standard InChI is InChI=1S/C36H39BrFNO4Si/c1-36(2,3)44(4,5)43-32(26-16-19-28(38)20-17-26)24-42-34-33(39(35(34)40)29-14-10-7-11-15-29)30-21-18-27(37)22-31(30)41-23-25-12-8-6-9-13-25/h6-22,32-34H,23-24H2,1-5H3/t32-,33-,34-/m1/s1. The van der Waals surface area contributed by atoms with Crippen LogP contribution in [0.5, 0.6) is 5.75 Å². The lowest BCUT2D eigenvalue weighted by molar-refractivity contribution is -0.145. The van der Waals surface area contributed by atoms with Crippen LogP contribution in [0.2, 0.25) is 18.1 Å². The third-order valence-corrected chi connectivity index (χ3v) is 13.5. The van der Waals surface area contributed by atoms with Gasteiger partial charge in [-0.2, -0.15) is 0 Å². The van der Waals surface area contributed by atoms with E-state index in [2.05, 4.69) is 49.8 Å². The summed E-state index contributed by atoms with van der Waals surface area (Å²) >= 11 is 3.59. The Morgan fingerprint density at radius 2 is 1.55 bits per heavy atom. The third-order valence-electron chi connectivity index (χ3n) is 8.52. The van der Waals surface area contributed by atoms with Gasteiger partial charge in [0.1, 0.15) is 24.2 Å². The molecule has 1 heterocycles. The van der Waals surface area contributed by atoms with Crippen molar-refractivity contribution in [2.75, 3.05) is 11.5 Å². The maximum atomic E-state index is 13.9. The molecule has 0 unspecified atom stereocenters. The molecule has 1 aliphatic heterocycles. The fourth-order valence-electron chi connectivity index (χ4n) is 5.02. The van der Waals surface area contributed by atoms with Crippen molar-refractivity contribution in [1.29, 1.82) is 0 Å². The van der Waals surface area contributed by atoms with Crippen molar-refractivity contribution in [3.8, 4) is 5.75 Å². The van der Waals surface area contributed by atoms with Gasteiger partial charge < -0.3 is 13.9 Å². The second-order valence-electron chi connectivity index (χ2n) is 12.6. The molecule has 1 amide bonds. The largest absolute Gasteiger partial charge is 0.488 e. The summed E-state index contributed by atoms with van der Waals surface area (Å²) in [6, 6.07) is 31.4. The average molecular weight is 677 g/mol. The number of anilines is 1. The van der Waals surface area contributed by atoms with E-state index in [0.29, 0.717) is 12.4 Å². The molecule has 0 spiro atoms. The zero-order valence-electron chi connectivity index (χ0n) is 25.8. The lowest BCUT2D eigenvalue weighted by Crippen LogP contribution is -2.60. The Balaban J connectivity index is 1.46. The van der Waals surface area contributed by atoms with E-state index in [-0.39, 0.29) is 23.4 Å². The number of benzene rings is 4. The van der Waals surface area contributed by atoms with Crippen LogP contribution in [0, 0.1) is 5.82 Å². The number of hydrogen-bond donors (Lipinski definition) is 0. The minimum atomic E-state index is -2.25.